The molecule has 0 saturated carbocycles. The molecule has 0 fully saturated rings. The minimum Gasteiger partial charge on any atom is -0.352 e. The molecular formula is C20H18ClN3O. The quantitative estimate of drug-likeness (QED) is 0.689. The van der Waals surface area contributed by atoms with Crippen molar-refractivity contribution >= 4 is 29.0 Å². The summed E-state index contributed by atoms with van der Waals surface area (Å²) < 4.78 is 0. The Morgan fingerprint density at radius 3 is 2.64 bits per heavy atom. The minimum absolute atomic E-state index is 0.118. The van der Waals surface area contributed by atoms with Crippen molar-refractivity contribution in [3.63, 3.8) is 0 Å². The number of nitrogens with zero attached hydrogens (tertiary/aromatic N) is 1. The average Bonchev–Trinajstić information content (AvgIpc) is 2.63. The lowest BCUT2D eigenvalue weighted by Gasteiger charge is -2.09. The van der Waals surface area contributed by atoms with Gasteiger partial charge in [-0.1, -0.05) is 48.0 Å². The molecule has 0 aliphatic rings. The molecule has 0 radical (unpaired) electrons. The van der Waals surface area contributed by atoms with E-state index in [1.54, 1.807) is 30.5 Å². The third-order valence-electron chi connectivity index (χ3n) is 3.66. The monoisotopic (exact) mass is 351 g/mol. The van der Waals surface area contributed by atoms with Gasteiger partial charge in [-0.15, -0.1) is 0 Å². The number of nitrogens with one attached hydrogen (secondary N) is 2. The van der Waals surface area contributed by atoms with Crippen LogP contribution in [-0.4, -0.2) is 17.4 Å². The predicted octanol–water partition coefficient (Wildman–Crippen LogP) is 4.45. The highest BCUT2D eigenvalue weighted by Crippen LogP contribution is 2.19. The second kappa shape index (κ2) is 8.31. The molecule has 4 nitrogen and oxygen atoms in total. The van der Waals surface area contributed by atoms with Crippen LogP contribution in [0.4, 0.5) is 11.5 Å². The maximum Gasteiger partial charge on any atom is 0.251 e. The fourth-order valence-electron chi connectivity index (χ4n) is 2.42. The number of hydrogen-bond acceptors (Lipinski definition) is 3. The molecule has 126 valence electrons. The topological polar surface area (TPSA) is 54.0 Å². The van der Waals surface area contributed by atoms with E-state index in [0.29, 0.717) is 22.9 Å². The normalized spacial score (nSPS) is 10.3. The highest BCUT2D eigenvalue weighted by molar-refractivity contribution is 6.30. The molecule has 5 heteroatoms. The van der Waals surface area contributed by atoms with Crippen molar-refractivity contribution in [1.82, 2.24) is 10.3 Å². The Morgan fingerprint density at radius 2 is 1.84 bits per heavy atom. The highest BCUT2D eigenvalue weighted by Gasteiger charge is 2.07. The number of benzene rings is 2. The van der Waals surface area contributed by atoms with E-state index in [1.807, 2.05) is 42.5 Å². The van der Waals surface area contributed by atoms with Gasteiger partial charge in [0.05, 0.1) is 0 Å². The van der Waals surface area contributed by atoms with E-state index in [0.717, 1.165) is 12.1 Å². The Bertz CT molecular complexity index is 852. The smallest absolute Gasteiger partial charge is 0.251 e. The van der Waals surface area contributed by atoms with Crippen LogP contribution in [0.1, 0.15) is 15.9 Å². The second-order valence-electron chi connectivity index (χ2n) is 5.56. The maximum atomic E-state index is 12.3. The van der Waals surface area contributed by atoms with Crippen LogP contribution in [0.2, 0.25) is 5.02 Å². The van der Waals surface area contributed by atoms with Crippen LogP contribution in [0.5, 0.6) is 0 Å². The maximum absolute atomic E-state index is 12.3. The molecule has 2 aromatic carbocycles. The number of anilines is 2. The number of amides is 1. The zero-order valence-electron chi connectivity index (χ0n) is 13.6. The number of aromatic nitrogens is 1. The molecule has 25 heavy (non-hydrogen) atoms. The molecule has 0 aliphatic heterocycles. The highest BCUT2D eigenvalue weighted by atomic mass is 35.5. The molecule has 3 aromatic rings. The Kier molecular flexibility index (Phi) is 5.65. The van der Waals surface area contributed by atoms with Crippen molar-refractivity contribution in [2.45, 2.75) is 6.42 Å². The molecule has 0 unspecified atom stereocenters. The van der Waals surface area contributed by atoms with Gasteiger partial charge in [-0.05, 0) is 42.3 Å². The first-order valence-electron chi connectivity index (χ1n) is 8.01. The van der Waals surface area contributed by atoms with Gasteiger partial charge in [0.1, 0.15) is 5.82 Å². The second-order valence-corrected chi connectivity index (χ2v) is 5.99. The van der Waals surface area contributed by atoms with Gasteiger partial charge in [0.25, 0.3) is 5.91 Å². The SMILES string of the molecule is O=C(NCCc1ccccc1)c1ccnc(Nc2cccc(Cl)c2)c1. The first-order valence-corrected chi connectivity index (χ1v) is 8.39. The van der Waals surface area contributed by atoms with E-state index in [4.69, 9.17) is 11.6 Å². The van der Waals surface area contributed by atoms with Gasteiger partial charge in [-0.2, -0.15) is 0 Å². The minimum atomic E-state index is -0.118. The van der Waals surface area contributed by atoms with Gasteiger partial charge >= 0.3 is 0 Å². The average molecular weight is 352 g/mol. The van der Waals surface area contributed by atoms with Crippen molar-refractivity contribution < 1.29 is 4.79 Å². The van der Waals surface area contributed by atoms with Gasteiger partial charge in [0, 0.05) is 29.0 Å². The molecule has 1 heterocycles. The van der Waals surface area contributed by atoms with E-state index in [2.05, 4.69) is 15.6 Å². The largest absolute Gasteiger partial charge is 0.352 e. The summed E-state index contributed by atoms with van der Waals surface area (Å²) in [7, 11) is 0. The number of halogens is 1. The summed E-state index contributed by atoms with van der Waals surface area (Å²) in [6.07, 6.45) is 2.41. The molecule has 0 atom stereocenters. The molecule has 3 rings (SSSR count). The lowest BCUT2D eigenvalue weighted by Crippen LogP contribution is -2.25. The van der Waals surface area contributed by atoms with Crippen LogP contribution in [-0.2, 0) is 6.42 Å². The van der Waals surface area contributed by atoms with Gasteiger partial charge in [-0.3, -0.25) is 4.79 Å². The molecular weight excluding hydrogens is 334 g/mol. The molecule has 2 N–H and O–H groups in total. The van der Waals surface area contributed by atoms with Gasteiger partial charge in [-0.25, -0.2) is 4.98 Å². The van der Waals surface area contributed by atoms with E-state index in [-0.39, 0.29) is 5.91 Å². The third-order valence-corrected chi connectivity index (χ3v) is 3.90. The number of carbonyl (C=O) groups is 1. The fraction of sp³-hybridized carbons (Fsp3) is 0.100. The van der Waals surface area contributed by atoms with Gasteiger partial charge < -0.3 is 10.6 Å². The van der Waals surface area contributed by atoms with E-state index in [1.165, 1.54) is 5.56 Å². The Labute approximate surface area is 151 Å². The molecule has 1 aromatic heterocycles. The standard InChI is InChI=1S/C20H18ClN3O/c21-17-7-4-8-18(14-17)24-19-13-16(10-12-22-19)20(25)23-11-9-15-5-2-1-3-6-15/h1-8,10,12-14H,9,11H2,(H,22,24)(H,23,25). The van der Waals surface area contributed by atoms with Crippen LogP contribution in [0, 0.1) is 0 Å². The van der Waals surface area contributed by atoms with E-state index in [9.17, 15) is 4.79 Å². The van der Waals surface area contributed by atoms with Crippen molar-refractivity contribution in [2.24, 2.45) is 0 Å². The Balaban J connectivity index is 1.59. The van der Waals surface area contributed by atoms with Crippen LogP contribution < -0.4 is 10.6 Å². The first kappa shape index (κ1) is 17.0. The van der Waals surface area contributed by atoms with Crippen molar-refractivity contribution in [3.05, 3.63) is 89.1 Å². The summed E-state index contributed by atoms with van der Waals surface area (Å²) in [5.74, 6) is 0.477. The first-order chi connectivity index (χ1) is 12.2. The third kappa shape index (κ3) is 5.06. The zero-order valence-corrected chi connectivity index (χ0v) is 14.3. The Hall–Kier alpha value is -2.85. The van der Waals surface area contributed by atoms with Crippen molar-refractivity contribution in [2.75, 3.05) is 11.9 Å². The fourth-order valence-corrected chi connectivity index (χ4v) is 2.61. The van der Waals surface area contributed by atoms with Gasteiger partial charge in [0.2, 0.25) is 0 Å². The predicted molar refractivity (Wildman–Crippen MR) is 101 cm³/mol. The molecule has 0 spiro atoms. The van der Waals surface area contributed by atoms with E-state index < -0.39 is 0 Å². The zero-order chi connectivity index (χ0) is 17.5. The van der Waals surface area contributed by atoms with E-state index >= 15 is 0 Å². The summed E-state index contributed by atoms with van der Waals surface area (Å²) in [4.78, 5) is 16.5. The lowest BCUT2D eigenvalue weighted by molar-refractivity contribution is 0.0954. The lowest BCUT2D eigenvalue weighted by atomic mass is 10.1. The van der Waals surface area contributed by atoms with Crippen LogP contribution >= 0.6 is 11.6 Å². The Morgan fingerprint density at radius 1 is 1.00 bits per heavy atom. The van der Waals surface area contributed by atoms with Crippen LogP contribution in [0.3, 0.4) is 0 Å². The van der Waals surface area contributed by atoms with Crippen molar-refractivity contribution in [3.8, 4) is 0 Å². The summed E-state index contributed by atoms with van der Waals surface area (Å²) in [5, 5.41) is 6.72. The molecule has 0 bridgehead atoms. The van der Waals surface area contributed by atoms with Crippen molar-refractivity contribution in [1.29, 1.82) is 0 Å². The molecule has 1 amide bonds. The molecule has 0 aliphatic carbocycles. The summed E-state index contributed by atoms with van der Waals surface area (Å²) >= 11 is 5.98. The summed E-state index contributed by atoms with van der Waals surface area (Å²) in [6.45, 7) is 0.586. The number of rotatable bonds is 6. The molecule has 0 saturated heterocycles. The van der Waals surface area contributed by atoms with Gasteiger partial charge in [0.15, 0.2) is 0 Å². The number of hydrogen-bond donors (Lipinski definition) is 2. The summed E-state index contributed by atoms with van der Waals surface area (Å²) in [6, 6.07) is 20.8. The number of pyridine rings is 1. The van der Waals surface area contributed by atoms with Crippen LogP contribution in [0.15, 0.2) is 72.9 Å². The van der Waals surface area contributed by atoms with Crippen LogP contribution in [0.25, 0.3) is 0 Å². The summed E-state index contributed by atoms with van der Waals surface area (Å²) in [5.41, 5.74) is 2.58. The number of carbonyl (C=O) groups excluding carboxylic acids is 1.